The molecule has 0 heterocycles. The van der Waals surface area contributed by atoms with Crippen LogP contribution in [0.3, 0.4) is 0 Å². The normalized spacial score (nSPS) is 12.9. The molecule has 0 aromatic heterocycles. The van der Waals surface area contributed by atoms with E-state index in [0.717, 1.165) is 5.75 Å². The Balaban J connectivity index is 0. The van der Waals surface area contributed by atoms with Crippen molar-refractivity contribution in [2.75, 3.05) is 18.6 Å². The van der Waals surface area contributed by atoms with E-state index in [0.29, 0.717) is 6.54 Å². The summed E-state index contributed by atoms with van der Waals surface area (Å²) >= 11 is 1.68. The van der Waals surface area contributed by atoms with Crippen molar-refractivity contribution in [1.29, 1.82) is 0 Å². The fraction of sp³-hybridized carbons (Fsp3) is 0.889. The van der Waals surface area contributed by atoms with Gasteiger partial charge in [-0.1, -0.05) is 6.92 Å². The van der Waals surface area contributed by atoms with E-state index >= 15 is 0 Å². The van der Waals surface area contributed by atoms with Gasteiger partial charge < -0.3 is 11.1 Å². The minimum atomic E-state index is -0.288. The van der Waals surface area contributed by atoms with E-state index < -0.39 is 0 Å². The molecule has 0 bridgehead atoms. The van der Waals surface area contributed by atoms with Crippen LogP contribution < -0.4 is 11.1 Å². The van der Waals surface area contributed by atoms with Crippen molar-refractivity contribution in [3.05, 3.63) is 0 Å². The number of nitrogens with two attached hydrogens (primary N) is 1. The number of amides is 1. The molecule has 0 saturated carbocycles. The monoisotopic (exact) mass is 240 g/mol. The third-order valence-electron chi connectivity index (χ3n) is 1.84. The van der Waals surface area contributed by atoms with Crippen molar-refractivity contribution < 1.29 is 4.79 Å². The Bertz CT molecular complexity index is 176. The molecule has 0 aliphatic heterocycles. The lowest BCUT2D eigenvalue weighted by Crippen LogP contribution is -2.50. The van der Waals surface area contributed by atoms with E-state index in [1.807, 2.05) is 27.0 Å². The van der Waals surface area contributed by atoms with Crippen LogP contribution in [0.4, 0.5) is 0 Å². The summed E-state index contributed by atoms with van der Waals surface area (Å²) in [5.74, 6) is 0.998. The number of hydrogen-bond acceptors (Lipinski definition) is 3. The molecule has 0 radical (unpaired) electrons. The molecule has 0 aromatic carbocycles. The Labute approximate surface area is 97.0 Å². The lowest BCUT2D eigenvalue weighted by atomic mass is 10.0. The molecule has 3 nitrogen and oxygen atoms in total. The van der Waals surface area contributed by atoms with Crippen molar-refractivity contribution >= 4 is 30.1 Å². The number of carbonyl (C=O) groups is 1. The summed E-state index contributed by atoms with van der Waals surface area (Å²) in [6.45, 7) is 6.25. The number of carbonyl (C=O) groups excluding carboxylic acids is 1. The zero-order chi connectivity index (χ0) is 10.5. The van der Waals surface area contributed by atoms with Gasteiger partial charge in [-0.05, 0) is 20.1 Å². The van der Waals surface area contributed by atoms with Crippen LogP contribution in [-0.4, -0.2) is 30.0 Å². The molecule has 1 atom stereocenters. The molecule has 0 fully saturated rings. The highest BCUT2D eigenvalue weighted by atomic mass is 35.5. The molecule has 0 aromatic rings. The minimum Gasteiger partial charge on any atom is -0.350 e. The van der Waals surface area contributed by atoms with E-state index in [2.05, 4.69) is 5.32 Å². The Hall–Kier alpha value is 0.0700. The van der Waals surface area contributed by atoms with E-state index in [1.54, 1.807) is 11.8 Å². The molecule has 0 aliphatic carbocycles. The average Bonchev–Trinajstić information content (AvgIpc) is 2.04. The number of nitrogens with one attached hydrogen (secondary N) is 1. The summed E-state index contributed by atoms with van der Waals surface area (Å²) in [5, 5.41) is 2.91. The first-order chi connectivity index (χ1) is 5.93. The van der Waals surface area contributed by atoms with Crippen molar-refractivity contribution in [2.24, 2.45) is 11.7 Å². The highest BCUT2D eigenvalue weighted by molar-refractivity contribution is 7.98. The zero-order valence-electron chi connectivity index (χ0n) is 9.29. The second-order valence-corrected chi connectivity index (χ2v) is 4.84. The molecular weight excluding hydrogens is 220 g/mol. The summed E-state index contributed by atoms with van der Waals surface area (Å²) in [6.07, 6.45) is 2.00. The molecule has 0 saturated heterocycles. The smallest absolute Gasteiger partial charge is 0.224 e. The second kappa shape index (κ2) is 7.37. The summed E-state index contributed by atoms with van der Waals surface area (Å²) in [4.78, 5) is 11.5. The van der Waals surface area contributed by atoms with Crippen LogP contribution in [0.2, 0.25) is 0 Å². The lowest BCUT2D eigenvalue weighted by molar-refractivity contribution is -0.125. The van der Waals surface area contributed by atoms with Gasteiger partial charge in [0.15, 0.2) is 0 Å². The molecule has 0 aliphatic rings. The Morgan fingerprint density at radius 2 is 2.07 bits per heavy atom. The van der Waals surface area contributed by atoms with Gasteiger partial charge in [-0.2, -0.15) is 11.8 Å². The predicted octanol–water partition coefficient (Wildman–Crippen LogP) is 1.26. The van der Waals surface area contributed by atoms with Crippen LogP contribution in [0.1, 0.15) is 20.8 Å². The Morgan fingerprint density at radius 1 is 1.57 bits per heavy atom. The summed E-state index contributed by atoms with van der Waals surface area (Å²) in [5.41, 5.74) is 5.22. The molecular formula is C9H21ClN2OS. The van der Waals surface area contributed by atoms with Gasteiger partial charge in [0.1, 0.15) is 0 Å². The summed E-state index contributed by atoms with van der Waals surface area (Å²) in [7, 11) is 0. The molecule has 0 spiro atoms. The van der Waals surface area contributed by atoms with Crippen molar-refractivity contribution in [3.8, 4) is 0 Å². The Kier molecular flexibility index (Phi) is 8.69. The fourth-order valence-electron chi connectivity index (χ4n) is 0.833. The lowest BCUT2D eigenvalue weighted by Gasteiger charge is -2.26. The van der Waals surface area contributed by atoms with Gasteiger partial charge in [-0.3, -0.25) is 4.79 Å². The third-order valence-corrected chi connectivity index (χ3v) is 2.67. The van der Waals surface area contributed by atoms with Gasteiger partial charge >= 0.3 is 0 Å². The van der Waals surface area contributed by atoms with Gasteiger partial charge in [-0.15, -0.1) is 12.4 Å². The molecule has 1 amide bonds. The maximum absolute atomic E-state index is 11.5. The van der Waals surface area contributed by atoms with Gasteiger partial charge in [0.2, 0.25) is 5.91 Å². The highest BCUT2D eigenvalue weighted by Crippen LogP contribution is 2.07. The van der Waals surface area contributed by atoms with Crippen LogP contribution in [0.5, 0.6) is 0 Å². The minimum absolute atomic E-state index is 0. The standard InChI is InChI=1S/C9H20N2OS.ClH/c1-7(5-13-4)8(12)11-9(2,3)6-10;/h7H,5-6,10H2,1-4H3,(H,11,12);1H. The van der Waals surface area contributed by atoms with Crippen molar-refractivity contribution in [3.63, 3.8) is 0 Å². The maximum atomic E-state index is 11.5. The number of thioether (sulfide) groups is 1. The topological polar surface area (TPSA) is 55.1 Å². The highest BCUT2D eigenvalue weighted by Gasteiger charge is 2.21. The predicted molar refractivity (Wildman–Crippen MR) is 66.1 cm³/mol. The molecule has 14 heavy (non-hydrogen) atoms. The summed E-state index contributed by atoms with van der Waals surface area (Å²) in [6, 6.07) is 0. The number of rotatable bonds is 5. The zero-order valence-corrected chi connectivity index (χ0v) is 10.9. The molecule has 3 N–H and O–H groups in total. The van der Waals surface area contributed by atoms with Crippen LogP contribution >= 0.6 is 24.2 Å². The first kappa shape index (κ1) is 16.5. The van der Waals surface area contributed by atoms with Crippen LogP contribution in [0, 0.1) is 5.92 Å². The van der Waals surface area contributed by atoms with Gasteiger partial charge in [0, 0.05) is 23.8 Å². The molecule has 5 heteroatoms. The SMILES string of the molecule is CSCC(C)C(=O)NC(C)(C)CN.Cl. The fourth-order valence-corrected chi connectivity index (χ4v) is 1.48. The molecule has 1 unspecified atom stereocenters. The quantitative estimate of drug-likeness (QED) is 0.761. The second-order valence-electron chi connectivity index (χ2n) is 3.93. The van der Waals surface area contributed by atoms with E-state index in [1.165, 1.54) is 0 Å². The third kappa shape index (κ3) is 6.51. The first-order valence-electron chi connectivity index (χ1n) is 4.44. The van der Waals surface area contributed by atoms with Gasteiger partial charge in [0.25, 0.3) is 0 Å². The van der Waals surface area contributed by atoms with Gasteiger partial charge in [-0.25, -0.2) is 0 Å². The molecule has 86 valence electrons. The number of halogens is 1. The van der Waals surface area contributed by atoms with Crippen LogP contribution in [-0.2, 0) is 4.79 Å². The van der Waals surface area contributed by atoms with Gasteiger partial charge in [0.05, 0.1) is 0 Å². The average molecular weight is 241 g/mol. The number of hydrogen-bond donors (Lipinski definition) is 2. The first-order valence-corrected chi connectivity index (χ1v) is 5.83. The largest absolute Gasteiger partial charge is 0.350 e. The van der Waals surface area contributed by atoms with E-state index in [4.69, 9.17) is 5.73 Å². The molecule has 0 rings (SSSR count). The summed E-state index contributed by atoms with van der Waals surface area (Å²) < 4.78 is 0. The van der Waals surface area contributed by atoms with Crippen LogP contribution in [0.15, 0.2) is 0 Å². The van der Waals surface area contributed by atoms with Crippen molar-refractivity contribution in [2.45, 2.75) is 26.3 Å². The van der Waals surface area contributed by atoms with E-state index in [9.17, 15) is 4.79 Å². The Morgan fingerprint density at radius 3 is 2.43 bits per heavy atom. The maximum Gasteiger partial charge on any atom is 0.224 e. The van der Waals surface area contributed by atoms with Crippen molar-refractivity contribution in [1.82, 2.24) is 5.32 Å². The van der Waals surface area contributed by atoms with E-state index in [-0.39, 0.29) is 29.8 Å². The van der Waals surface area contributed by atoms with Crippen LogP contribution in [0.25, 0.3) is 0 Å².